The highest BCUT2D eigenvalue weighted by Crippen LogP contribution is 2.29. The number of halogens is 1. The van der Waals surface area contributed by atoms with Crippen molar-refractivity contribution >= 4 is 23.2 Å². The van der Waals surface area contributed by atoms with Gasteiger partial charge in [0.15, 0.2) is 0 Å². The molecule has 0 bridgehead atoms. The van der Waals surface area contributed by atoms with Gasteiger partial charge in [-0.25, -0.2) is 9.37 Å². The topological polar surface area (TPSA) is 62.3 Å². The van der Waals surface area contributed by atoms with E-state index in [1.54, 1.807) is 19.1 Å². The molecule has 0 unspecified atom stereocenters. The summed E-state index contributed by atoms with van der Waals surface area (Å²) in [5.41, 5.74) is 1.01. The Kier molecular flexibility index (Phi) is 6.13. The number of aromatic nitrogens is 1. The van der Waals surface area contributed by atoms with Crippen molar-refractivity contribution in [1.82, 2.24) is 15.2 Å². The highest BCUT2D eigenvalue weighted by molar-refractivity contribution is 7.17. The van der Waals surface area contributed by atoms with E-state index in [1.807, 2.05) is 27.7 Å². The predicted octanol–water partition coefficient (Wildman–Crippen LogP) is 3.63. The van der Waals surface area contributed by atoms with Crippen molar-refractivity contribution < 1.29 is 14.0 Å². The van der Waals surface area contributed by atoms with E-state index in [4.69, 9.17) is 0 Å². The number of rotatable bonds is 5. The number of benzene rings is 1. The molecule has 0 atom stereocenters. The van der Waals surface area contributed by atoms with E-state index < -0.39 is 0 Å². The van der Waals surface area contributed by atoms with Crippen LogP contribution >= 0.6 is 11.3 Å². The molecule has 1 N–H and O–H groups in total. The Morgan fingerprint density at radius 1 is 1.23 bits per heavy atom. The van der Waals surface area contributed by atoms with Gasteiger partial charge in [-0.1, -0.05) is 0 Å². The van der Waals surface area contributed by atoms with E-state index in [0.717, 1.165) is 5.56 Å². The molecule has 0 aliphatic heterocycles. The number of carbonyl (C=O) groups is 2. The number of nitrogens with one attached hydrogen (secondary N) is 1. The zero-order chi connectivity index (χ0) is 19.5. The molecule has 2 amide bonds. The van der Waals surface area contributed by atoms with E-state index in [9.17, 15) is 14.0 Å². The first-order chi connectivity index (χ1) is 12.1. The second-order valence-electron chi connectivity index (χ2n) is 7.06. The zero-order valence-electron chi connectivity index (χ0n) is 15.7. The first-order valence-electron chi connectivity index (χ1n) is 8.44. The van der Waals surface area contributed by atoms with Gasteiger partial charge in [0.1, 0.15) is 15.7 Å². The molecule has 0 aliphatic carbocycles. The van der Waals surface area contributed by atoms with Crippen molar-refractivity contribution in [3.05, 3.63) is 40.7 Å². The van der Waals surface area contributed by atoms with Crippen LogP contribution in [-0.2, 0) is 4.79 Å². The van der Waals surface area contributed by atoms with Gasteiger partial charge in [0.05, 0.1) is 12.2 Å². The van der Waals surface area contributed by atoms with Gasteiger partial charge < -0.3 is 10.2 Å². The fraction of sp³-hybridized carbons (Fsp3) is 0.421. The van der Waals surface area contributed by atoms with Crippen molar-refractivity contribution in [2.75, 3.05) is 13.1 Å². The Bertz CT molecular complexity index is 794. The van der Waals surface area contributed by atoms with Crippen LogP contribution in [0.15, 0.2) is 24.3 Å². The van der Waals surface area contributed by atoms with Crippen LogP contribution < -0.4 is 5.32 Å². The standard InChI is InChI=1S/C19H24FN3O2S/c1-6-23(11-15(24)22-19(3,4)5)18(25)16-12(2)21-17(26-16)13-7-9-14(20)10-8-13/h7-10H,6,11H2,1-5H3,(H,22,24). The zero-order valence-corrected chi connectivity index (χ0v) is 16.5. The molecule has 7 heteroatoms. The first-order valence-corrected chi connectivity index (χ1v) is 9.26. The number of thiazole rings is 1. The smallest absolute Gasteiger partial charge is 0.266 e. The fourth-order valence-corrected chi connectivity index (χ4v) is 3.45. The normalized spacial score (nSPS) is 11.3. The van der Waals surface area contributed by atoms with Crippen molar-refractivity contribution in [3.63, 3.8) is 0 Å². The third-order valence-corrected chi connectivity index (χ3v) is 4.79. The van der Waals surface area contributed by atoms with E-state index in [1.165, 1.54) is 28.4 Å². The maximum Gasteiger partial charge on any atom is 0.266 e. The van der Waals surface area contributed by atoms with E-state index >= 15 is 0 Å². The maximum absolute atomic E-state index is 13.1. The van der Waals surface area contributed by atoms with Crippen molar-refractivity contribution in [3.8, 4) is 10.6 Å². The molecule has 1 heterocycles. The SMILES string of the molecule is CCN(CC(=O)NC(C)(C)C)C(=O)c1sc(-c2ccc(F)cc2)nc1C. The monoisotopic (exact) mass is 377 g/mol. The Morgan fingerprint density at radius 2 is 1.85 bits per heavy atom. The second-order valence-corrected chi connectivity index (χ2v) is 8.06. The predicted molar refractivity (Wildman–Crippen MR) is 102 cm³/mol. The van der Waals surface area contributed by atoms with Crippen LogP contribution in [0.4, 0.5) is 4.39 Å². The lowest BCUT2D eigenvalue weighted by atomic mass is 10.1. The lowest BCUT2D eigenvalue weighted by Crippen LogP contribution is -2.47. The van der Waals surface area contributed by atoms with Gasteiger partial charge >= 0.3 is 0 Å². The Balaban J connectivity index is 2.19. The second kappa shape index (κ2) is 7.95. The van der Waals surface area contributed by atoms with Crippen LogP contribution in [0, 0.1) is 12.7 Å². The lowest BCUT2D eigenvalue weighted by Gasteiger charge is -2.24. The number of carbonyl (C=O) groups excluding carboxylic acids is 2. The summed E-state index contributed by atoms with van der Waals surface area (Å²) in [7, 11) is 0. The van der Waals surface area contributed by atoms with Gasteiger partial charge in [0.25, 0.3) is 5.91 Å². The molecule has 26 heavy (non-hydrogen) atoms. The number of hydrogen-bond donors (Lipinski definition) is 1. The molecule has 140 valence electrons. The minimum absolute atomic E-state index is 0.00414. The minimum Gasteiger partial charge on any atom is -0.350 e. The average molecular weight is 377 g/mol. The molecule has 2 aromatic rings. The van der Waals surface area contributed by atoms with Gasteiger partial charge in [-0.15, -0.1) is 11.3 Å². The number of amides is 2. The van der Waals surface area contributed by atoms with Gasteiger partial charge in [0.2, 0.25) is 5.91 Å². The largest absolute Gasteiger partial charge is 0.350 e. The summed E-state index contributed by atoms with van der Waals surface area (Å²) in [4.78, 5) is 31.4. The molecule has 1 aromatic carbocycles. The Hall–Kier alpha value is -2.28. The highest BCUT2D eigenvalue weighted by atomic mass is 32.1. The molecule has 5 nitrogen and oxygen atoms in total. The summed E-state index contributed by atoms with van der Waals surface area (Å²) in [5.74, 6) is -0.742. The van der Waals surface area contributed by atoms with Crippen LogP contribution in [0.25, 0.3) is 10.6 Å². The molecule has 0 aliphatic rings. The molecule has 0 spiro atoms. The Labute approximate surface area is 157 Å². The molecule has 0 saturated carbocycles. The molecule has 2 rings (SSSR count). The van der Waals surface area contributed by atoms with E-state index in [0.29, 0.717) is 22.1 Å². The summed E-state index contributed by atoms with van der Waals surface area (Å²) in [6.45, 7) is 9.69. The molecular weight excluding hydrogens is 353 g/mol. The number of nitrogens with zero attached hydrogens (tertiary/aromatic N) is 2. The molecular formula is C19H24FN3O2S. The molecule has 0 fully saturated rings. The average Bonchev–Trinajstić information content (AvgIpc) is 2.92. The van der Waals surface area contributed by atoms with Crippen LogP contribution in [0.5, 0.6) is 0 Å². The maximum atomic E-state index is 13.1. The summed E-state index contributed by atoms with van der Waals surface area (Å²) in [6.07, 6.45) is 0. The van der Waals surface area contributed by atoms with Crippen molar-refractivity contribution in [2.24, 2.45) is 0 Å². The fourth-order valence-electron chi connectivity index (χ4n) is 2.41. The van der Waals surface area contributed by atoms with Gasteiger partial charge in [0, 0.05) is 17.6 Å². The lowest BCUT2D eigenvalue weighted by molar-refractivity contribution is -0.123. The van der Waals surface area contributed by atoms with Gasteiger partial charge in [-0.2, -0.15) is 0 Å². The summed E-state index contributed by atoms with van der Waals surface area (Å²) in [5, 5.41) is 3.51. The van der Waals surface area contributed by atoms with Gasteiger partial charge in [-0.05, 0) is 58.9 Å². The summed E-state index contributed by atoms with van der Waals surface area (Å²) < 4.78 is 13.1. The first kappa shape index (κ1) is 20.0. The third kappa shape index (κ3) is 5.11. The number of likely N-dealkylation sites (N-methyl/N-ethyl adjacent to an activating group) is 1. The minimum atomic E-state index is -0.351. The van der Waals surface area contributed by atoms with Crippen LogP contribution in [-0.4, -0.2) is 40.3 Å². The van der Waals surface area contributed by atoms with Crippen LogP contribution in [0.3, 0.4) is 0 Å². The number of aryl methyl sites for hydroxylation is 1. The van der Waals surface area contributed by atoms with Gasteiger partial charge in [-0.3, -0.25) is 9.59 Å². The number of hydrogen-bond acceptors (Lipinski definition) is 4. The molecule has 0 radical (unpaired) electrons. The van der Waals surface area contributed by atoms with Crippen molar-refractivity contribution in [2.45, 2.75) is 40.2 Å². The molecule has 0 saturated heterocycles. The summed E-state index contributed by atoms with van der Waals surface area (Å²) >= 11 is 1.25. The third-order valence-electron chi connectivity index (χ3n) is 3.60. The van der Waals surface area contributed by atoms with Crippen LogP contribution in [0.2, 0.25) is 0 Å². The molecule has 1 aromatic heterocycles. The van der Waals surface area contributed by atoms with Crippen LogP contribution in [0.1, 0.15) is 43.1 Å². The van der Waals surface area contributed by atoms with E-state index in [2.05, 4.69) is 10.3 Å². The Morgan fingerprint density at radius 3 is 2.38 bits per heavy atom. The highest BCUT2D eigenvalue weighted by Gasteiger charge is 2.24. The summed E-state index contributed by atoms with van der Waals surface area (Å²) in [6, 6.07) is 6.00. The van der Waals surface area contributed by atoms with E-state index in [-0.39, 0.29) is 29.7 Å². The quantitative estimate of drug-likeness (QED) is 0.865. The van der Waals surface area contributed by atoms with Crippen molar-refractivity contribution in [1.29, 1.82) is 0 Å².